The summed E-state index contributed by atoms with van der Waals surface area (Å²) in [4.78, 5) is 0. The first-order valence-electron chi connectivity index (χ1n) is 4.18. The minimum Gasteiger partial charge on any atom is -0.324 e. The van der Waals surface area contributed by atoms with Gasteiger partial charge in [-0.05, 0) is 37.7 Å². The van der Waals surface area contributed by atoms with Crippen molar-refractivity contribution in [2.24, 2.45) is 11.7 Å². The molecule has 2 N–H and O–H groups in total. The fourth-order valence-corrected chi connectivity index (χ4v) is 2.71. The van der Waals surface area contributed by atoms with Gasteiger partial charge >= 0.3 is 0 Å². The maximum absolute atomic E-state index is 5.99. The zero-order valence-electron chi connectivity index (χ0n) is 7.34. The van der Waals surface area contributed by atoms with Crippen LogP contribution >= 0.6 is 11.8 Å². The predicted molar refractivity (Wildman–Crippen MR) is 52.8 cm³/mol. The average molecular weight is 171 g/mol. The van der Waals surface area contributed by atoms with Crippen molar-refractivity contribution >= 4 is 11.8 Å². The summed E-state index contributed by atoms with van der Waals surface area (Å²) in [5.41, 5.74) is 7.33. The van der Waals surface area contributed by atoms with E-state index in [0.717, 1.165) is 5.92 Å². The Bertz CT molecular complexity index is 144. The normalized spacial score (nSPS) is 26.6. The quantitative estimate of drug-likeness (QED) is 0.643. The fraction of sp³-hybridized carbons (Fsp3) is 0.778. The van der Waals surface area contributed by atoms with E-state index < -0.39 is 0 Å². The minimum atomic E-state index is 0.301. The molecule has 0 amide bonds. The van der Waals surface area contributed by atoms with Crippen molar-refractivity contribution in [3.8, 4) is 0 Å². The molecule has 0 radical (unpaired) electrons. The van der Waals surface area contributed by atoms with Gasteiger partial charge in [-0.15, -0.1) is 0 Å². The van der Waals surface area contributed by atoms with E-state index in [-0.39, 0.29) is 0 Å². The molecule has 1 rings (SSSR count). The second-order valence-electron chi connectivity index (χ2n) is 3.45. The smallest absolute Gasteiger partial charge is 0.0263 e. The molecule has 1 fully saturated rings. The van der Waals surface area contributed by atoms with Gasteiger partial charge < -0.3 is 5.73 Å². The summed E-state index contributed by atoms with van der Waals surface area (Å²) in [6, 6.07) is 0.301. The van der Waals surface area contributed by atoms with Crippen molar-refractivity contribution in [1.29, 1.82) is 0 Å². The van der Waals surface area contributed by atoms with Crippen molar-refractivity contribution in [3.05, 3.63) is 11.6 Å². The third-order valence-electron chi connectivity index (χ3n) is 2.04. The van der Waals surface area contributed by atoms with Gasteiger partial charge in [0.25, 0.3) is 0 Å². The first-order valence-corrected chi connectivity index (χ1v) is 5.34. The van der Waals surface area contributed by atoms with Crippen LogP contribution < -0.4 is 5.73 Å². The van der Waals surface area contributed by atoms with Crippen LogP contribution in [-0.2, 0) is 0 Å². The van der Waals surface area contributed by atoms with E-state index in [1.807, 2.05) is 11.8 Å². The molecule has 0 saturated carbocycles. The number of nitrogens with two attached hydrogens (primary N) is 1. The highest BCUT2D eigenvalue weighted by Gasteiger charge is 2.20. The molecule has 0 aromatic rings. The zero-order valence-corrected chi connectivity index (χ0v) is 8.16. The lowest BCUT2D eigenvalue weighted by atomic mass is 9.98. The highest BCUT2D eigenvalue weighted by molar-refractivity contribution is 7.99. The van der Waals surface area contributed by atoms with Crippen LogP contribution in [0.5, 0.6) is 0 Å². The van der Waals surface area contributed by atoms with Gasteiger partial charge in [0.15, 0.2) is 0 Å². The van der Waals surface area contributed by atoms with Gasteiger partial charge in [-0.2, -0.15) is 11.8 Å². The Labute approximate surface area is 73.4 Å². The van der Waals surface area contributed by atoms with Gasteiger partial charge in [-0.3, -0.25) is 0 Å². The van der Waals surface area contributed by atoms with E-state index in [1.165, 1.54) is 23.5 Å². The maximum atomic E-state index is 5.99. The highest BCUT2D eigenvalue weighted by Crippen LogP contribution is 2.26. The Balaban J connectivity index is 2.40. The third kappa shape index (κ3) is 2.88. The van der Waals surface area contributed by atoms with Crippen LogP contribution in [-0.4, -0.2) is 17.5 Å². The monoisotopic (exact) mass is 171 g/mol. The number of allylic oxidation sites excluding steroid dienone is 1. The molecule has 2 heteroatoms. The molecule has 0 aromatic heterocycles. The van der Waals surface area contributed by atoms with Crippen LogP contribution in [0, 0.1) is 5.92 Å². The lowest BCUT2D eigenvalue weighted by molar-refractivity contribution is 0.530. The summed E-state index contributed by atoms with van der Waals surface area (Å²) in [5, 5.41) is 0. The largest absolute Gasteiger partial charge is 0.324 e. The molecule has 64 valence electrons. The summed E-state index contributed by atoms with van der Waals surface area (Å²) < 4.78 is 0. The molecule has 1 aliphatic rings. The standard InChI is InChI=1S/C9H17NS/c1-7(2)5-9(10)8-3-4-11-6-8/h5,8-9H,3-4,6,10H2,1-2H3. The Hall–Kier alpha value is 0.0500. The van der Waals surface area contributed by atoms with E-state index in [2.05, 4.69) is 19.9 Å². The number of hydrogen-bond acceptors (Lipinski definition) is 2. The third-order valence-corrected chi connectivity index (χ3v) is 3.22. The molecule has 11 heavy (non-hydrogen) atoms. The molecule has 0 spiro atoms. The molecule has 1 saturated heterocycles. The van der Waals surface area contributed by atoms with E-state index >= 15 is 0 Å². The van der Waals surface area contributed by atoms with Crippen molar-refractivity contribution < 1.29 is 0 Å². The lowest BCUT2D eigenvalue weighted by Gasteiger charge is -2.14. The summed E-state index contributed by atoms with van der Waals surface area (Å²) in [6.07, 6.45) is 3.49. The fourth-order valence-electron chi connectivity index (χ4n) is 1.38. The van der Waals surface area contributed by atoms with Gasteiger partial charge in [0, 0.05) is 6.04 Å². The number of rotatable bonds is 2. The Morgan fingerprint density at radius 3 is 2.82 bits per heavy atom. The van der Waals surface area contributed by atoms with Crippen LogP contribution in [0.2, 0.25) is 0 Å². The van der Waals surface area contributed by atoms with Crippen molar-refractivity contribution in [2.45, 2.75) is 26.3 Å². The Kier molecular flexibility index (Phi) is 3.46. The van der Waals surface area contributed by atoms with Crippen molar-refractivity contribution in [3.63, 3.8) is 0 Å². The van der Waals surface area contributed by atoms with E-state index in [9.17, 15) is 0 Å². The van der Waals surface area contributed by atoms with Gasteiger partial charge in [0.2, 0.25) is 0 Å². The van der Waals surface area contributed by atoms with E-state index in [4.69, 9.17) is 5.73 Å². The summed E-state index contributed by atoms with van der Waals surface area (Å²) >= 11 is 2.03. The average Bonchev–Trinajstić information content (AvgIpc) is 2.35. The lowest BCUT2D eigenvalue weighted by Crippen LogP contribution is -2.27. The van der Waals surface area contributed by atoms with Crippen LogP contribution in [0.15, 0.2) is 11.6 Å². The number of thioether (sulfide) groups is 1. The Morgan fingerprint density at radius 1 is 1.64 bits per heavy atom. The van der Waals surface area contributed by atoms with Crippen LogP contribution in [0.3, 0.4) is 0 Å². The molecule has 1 nitrogen and oxygen atoms in total. The molecular weight excluding hydrogens is 154 g/mol. The highest BCUT2D eigenvalue weighted by atomic mass is 32.2. The Morgan fingerprint density at radius 2 is 2.36 bits per heavy atom. The zero-order chi connectivity index (χ0) is 8.27. The minimum absolute atomic E-state index is 0.301. The molecule has 0 aromatic carbocycles. The molecule has 0 bridgehead atoms. The van der Waals surface area contributed by atoms with Crippen molar-refractivity contribution in [2.75, 3.05) is 11.5 Å². The van der Waals surface area contributed by atoms with Crippen LogP contribution in [0.4, 0.5) is 0 Å². The predicted octanol–water partition coefficient (Wildman–Crippen LogP) is 2.03. The van der Waals surface area contributed by atoms with Gasteiger partial charge in [-0.1, -0.05) is 11.6 Å². The first kappa shape index (κ1) is 9.14. The molecule has 1 heterocycles. The summed E-state index contributed by atoms with van der Waals surface area (Å²) in [7, 11) is 0. The van der Waals surface area contributed by atoms with E-state index in [1.54, 1.807) is 0 Å². The molecule has 2 unspecified atom stereocenters. The topological polar surface area (TPSA) is 26.0 Å². The first-order chi connectivity index (χ1) is 5.20. The van der Waals surface area contributed by atoms with Gasteiger partial charge in [0.05, 0.1) is 0 Å². The van der Waals surface area contributed by atoms with Crippen LogP contribution in [0.1, 0.15) is 20.3 Å². The SMILES string of the molecule is CC(C)=CC(N)C1CCSC1. The van der Waals surface area contributed by atoms with Gasteiger partial charge in [-0.25, -0.2) is 0 Å². The molecule has 1 aliphatic heterocycles. The summed E-state index contributed by atoms with van der Waals surface area (Å²) in [6.45, 7) is 4.23. The van der Waals surface area contributed by atoms with E-state index in [0.29, 0.717) is 6.04 Å². The van der Waals surface area contributed by atoms with Crippen molar-refractivity contribution in [1.82, 2.24) is 0 Å². The second kappa shape index (κ2) is 4.17. The van der Waals surface area contributed by atoms with Crippen LogP contribution in [0.25, 0.3) is 0 Å². The molecular formula is C9H17NS. The number of hydrogen-bond donors (Lipinski definition) is 1. The summed E-state index contributed by atoms with van der Waals surface area (Å²) in [5.74, 6) is 3.29. The maximum Gasteiger partial charge on any atom is 0.0263 e. The van der Waals surface area contributed by atoms with Gasteiger partial charge in [0.1, 0.15) is 0 Å². The molecule has 2 atom stereocenters. The second-order valence-corrected chi connectivity index (χ2v) is 4.59. The molecule has 0 aliphatic carbocycles.